The molecule has 1 fully saturated rings. The highest BCUT2D eigenvalue weighted by Gasteiger charge is 2.32. The summed E-state index contributed by atoms with van der Waals surface area (Å²) in [6, 6.07) is 9.35. The Kier molecular flexibility index (Phi) is 4.61. The van der Waals surface area contributed by atoms with Gasteiger partial charge >= 0.3 is 0 Å². The third kappa shape index (κ3) is 3.16. The molecule has 1 aromatic rings. The summed E-state index contributed by atoms with van der Waals surface area (Å²) in [6.45, 7) is 7.32. The summed E-state index contributed by atoms with van der Waals surface area (Å²) in [5, 5.41) is 0. The van der Waals surface area contributed by atoms with Crippen LogP contribution in [0.5, 0.6) is 0 Å². The quantitative estimate of drug-likeness (QED) is 0.906. The summed E-state index contributed by atoms with van der Waals surface area (Å²) in [5.74, 6) is 0. The van der Waals surface area contributed by atoms with Crippen LogP contribution in [0.2, 0.25) is 0 Å². The molecule has 1 aliphatic heterocycles. The largest absolute Gasteiger partial charge is 0.377 e. The zero-order valence-electron chi connectivity index (χ0n) is 12.5. The monoisotopic (exact) mass is 262 g/mol. The average Bonchev–Trinajstić information content (AvgIpc) is 2.83. The minimum atomic E-state index is 0.0402. The van der Waals surface area contributed by atoms with Crippen molar-refractivity contribution in [2.75, 3.05) is 13.7 Å². The molecule has 2 rings (SSSR count). The van der Waals surface area contributed by atoms with Crippen molar-refractivity contribution < 1.29 is 4.74 Å². The Morgan fingerprint density at radius 3 is 2.47 bits per heavy atom. The van der Waals surface area contributed by atoms with E-state index >= 15 is 0 Å². The molecule has 19 heavy (non-hydrogen) atoms. The number of benzene rings is 1. The maximum absolute atomic E-state index is 6.42. The summed E-state index contributed by atoms with van der Waals surface area (Å²) in [6.07, 6.45) is 1.40. The molecular weight excluding hydrogens is 236 g/mol. The summed E-state index contributed by atoms with van der Waals surface area (Å²) in [4.78, 5) is 2.38. The van der Waals surface area contributed by atoms with Gasteiger partial charge in [0.1, 0.15) is 0 Å². The lowest BCUT2D eigenvalue weighted by molar-refractivity contribution is 0.0654. The number of likely N-dealkylation sites (N-methyl/N-ethyl adjacent to an activating group) is 1. The Balaban J connectivity index is 2.05. The first-order chi connectivity index (χ1) is 9.00. The normalized spacial score (nSPS) is 26.6. The van der Waals surface area contributed by atoms with Gasteiger partial charge in [-0.15, -0.1) is 0 Å². The highest BCUT2D eigenvalue weighted by Crippen LogP contribution is 2.25. The van der Waals surface area contributed by atoms with Crippen LogP contribution in [0.25, 0.3) is 0 Å². The summed E-state index contributed by atoms with van der Waals surface area (Å²) < 4.78 is 5.66. The van der Waals surface area contributed by atoms with Gasteiger partial charge in [0, 0.05) is 24.7 Å². The fourth-order valence-corrected chi connectivity index (χ4v) is 2.88. The highest BCUT2D eigenvalue weighted by molar-refractivity contribution is 5.24. The molecule has 1 saturated heterocycles. The van der Waals surface area contributed by atoms with Crippen LogP contribution in [-0.4, -0.2) is 36.7 Å². The number of hydrogen-bond acceptors (Lipinski definition) is 3. The van der Waals surface area contributed by atoms with E-state index in [-0.39, 0.29) is 6.04 Å². The predicted molar refractivity (Wildman–Crippen MR) is 79.2 cm³/mol. The van der Waals surface area contributed by atoms with Crippen LogP contribution in [0, 0.1) is 6.92 Å². The van der Waals surface area contributed by atoms with E-state index in [0.29, 0.717) is 18.2 Å². The maximum Gasteiger partial charge on any atom is 0.0703 e. The van der Waals surface area contributed by atoms with Crippen LogP contribution in [0.15, 0.2) is 24.3 Å². The molecule has 0 bridgehead atoms. The first-order valence-corrected chi connectivity index (χ1v) is 7.16. The lowest BCUT2D eigenvalue weighted by Crippen LogP contribution is -2.46. The van der Waals surface area contributed by atoms with Crippen LogP contribution in [0.3, 0.4) is 0 Å². The van der Waals surface area contributed by atoms with Gasteiger partial charge in [-0.25, -0.2) is 0 Å². The molecule has 3 nitrogen and oxygen atoms in total. The Hall–Kier alpha value is -0.900. The smallest absolute Gasteiger partial charge is 0.0703 e. The number of hydrogen-bond donors (Lipinski definition) is 1. The molecule has 1 aromatic carbocycles. The number of ether oxygens (including phenoxy) is 1. The van der Waals surface area contributed by atoms with Crippen LogP contribution in [-0.2, 0) is 4.74 Å². The lowest BCUT2D eigenvalue weighted by atomic mass is 9.97. The standard InChI is InChI=1S/C16H26N2O/c1-11-5-7-14(8-6-11)16(17)12(2)18(4)15-9-10-19-13(15)3/h5-8,12-13,15-16H,9-10,17H2,1-4H3. The number of nitrogens with zero attached hydrogens (tertiary/aromatic N) is 1. The van der Waals surface area contributed by atoms with Gasteiger partial charge in [0.05, 0.1) is 6.10 Å². The first-order valence-electron chi connectivity index (χ1n) is 7.16. The molecule has 0 amide bonds. The molecule has 3 heteroatoms. The molecule has 0 radical (unpaired) electrons. The van der Waals surface area contributed by atoms with Crippen LogP contribution < -0.4 is 5.73 Å². The van der Waals surface area contributed by atoms with Crippen molar-refractivity contribution in [2.45, 2.75) is 51.4 Å². The number of rotatable bonds is 4. The van der Waals surface area contributed by atoms with Crippen LogP contribution in [0.1, 0.15) is 37.4 Å². The second-order valence-electron chi connectivity index (χ2n) is 5.77. The Morgan fingerprint density at radius 1 is 1.32 bits per heavy atom. The van der Waals surface area contributed by atoms with Crippen LogP contribution >= 0.6 is 0 Å². The zero-order valence-corrected chi connectivity index (χ0v) is 12.5. The predicted octanol–water partition coefficient (Wildman–Crippen LogP) is 2.49. The second-order valence-corrected chi connectivity index (χ2v) is 5.77. The number of aryl methyl sites for hydroxylation is 1. The van der Waals surface area contributed by atoms with Crippen molar-refractivity contribution in [2.24, 2.45) is 5.73 Å². The Morgan fingerprint density at radius 2 is 1.95 bits per heavy atom. The molecule has 1 aliphatic rings. The zero-order chi connectivity index (χ0) is 14.0. The SMILES string of the molecule is Cc1ccc(C(N)C(C)N(C)C2CCOC2C)cc1. The molecule has 106 valence electrons. The van der Waals surface area contributed by atoms with Gasteiger partial charge in [-0.1, -0.05) is 29.8 Å². The van der Waals surface area contributed by atoms with Gasteiger partial charge in [0.25, 0.3) is 0 Å². The molecule has 2 N–H and O–H groups in total. The van der Waals surface area contributed by atoms with Crippen molar-refractivity contribution in [1.29, 1.82) is 0 Å². The van der Waals surface area contributed by atoms with E-state index in [1.54, 1.807) is 0 Å². The molecule has 0 saturated carbocycles. The van der Waals surface area contributed by atoms with E-state index in [9.17, 15) is 0 Å². The van der Waals surface area contributed by atoms with Crippen molar-refractivity contribution in [1.82, 2.24) is 4.90 Å². The topological polar surface area (TPSA) is 38.5 Å². The fourth-order valence-electron chi connectivity index (χ4n) is 2.88. The third-order valence-electron chi connectivity index (χ3n) is 4.48. The fraction of sp³-hybridized carbons (Fsp3) is 0.625. The van der Waals surface area contributed by atoms with Gasteiger partial charge < -0.3 is 10.5 Å². The lowest BCUT2D eigenvalue weighted by Gasteiger charge is -2.35. The van der Waals surface area contributed by atoms with Gasteiger partial charge in [-0.05, 0) is 39.8 Å². The Bertz CT molecular complexity index is 404. The van der Waals surface area contributed by atoms with Crippen molar-refractivity contribution in [3.8, 4) is 0 Å². The molecule has 4 atom stereocenters. The molecule has 1 heterocycles. The van der Waals surface area contributed by atoms with E-state index in [2.05, 4.69) is 57.0 Å². The average molecular weight is 262 g/mol. The first kappa shape index (κ1) is 14.5. The maximum atomic E-state index is 6.42. The molecule has 4 unspecified atom stereocenters. The van der Waals surface area contributed by atoms with E-state index < -0.39 is 0 Å². The minimum absolute atomic E-state index is 0.0402. The Labute approximate surface area is 116 Å². The van der Waals surface area contributed by atoms with Crippen molar-refractivity contribution in [3.63, 3.8) is 0 Å². The van der Waals surface area contributed by atoms with Crippen molar-refractivity contribution >= 4 is 0 Å². The second kappa shape index (κ2) is 6.04. The van der Waals surface area contributed by atoms with E-state index in [1.807, 2.05) is 0 Å². The van der Waals surface area contributed by atoms with E-state index in [1.165, 1.54) is 11.1 Å². The van der Waals surface area contributed by atoms with Gasteiger partial charge in [0.2, 0.25) is 0 Å². The van der Waals surface area contributed by atoms with E-state index in [0.717, 1.165) is 13.0 Å². The summed E-state index contributed by atoms with van der Waals surface area (Å²) >= 11 is 0. The molecule has 0 spiro atoms. The number of nitrogens with two attached hydrogens (primary N) is 1. The summed E-state index contributed by atoms with van der Waals surface area (Å²) in [7, 11) is 2.16. The molecule has 0 aromatic heterocycles. The summed E-state index contributed by atoms with van der Waals surface area (Å²) in [5.41, 5.74) is 8.90. The highest BCUT2D eigenvalue weighted by atomic mass is 16.5. The van der Waals surface area contributed by atoms with Crippen molar-refractivity contribution in [3.05, 3.63) is 35.4 Å². The molecular formula is C16H26N2O. The van der Waals surface area contributed by atoms with Crippen LogP contribution in [0.4, 0.5) is 0 Å². The van der Waals surface area contributed by atoms with Gasteiger partial charge in [0.15, 0.2) is 0 Å². The van der Waals surface area contributed by atoms with Gasteiger partial charge in [-0.2, -0.15) is 0 Å². The molecule has 0 aliphatic carbocycles. The minimum Gasteiger partial charge on any atom is -0.377 e. The van der Waals surface area contributed by atoms with Gasteiger partial charge in [-0.3, -0.25) is 4.90 Å². The third-order valence-corrected chi connectivity index (χ3v) is 4.48. The van der Waals surface area contributed by atoms with E-state index in [4.69, 9.17) is 10.5 Å².